The topological polar surface area (TPSA) is 42.0 Å². The molecular weight excluding hydrogens is 268 g/mol. The molecule has 3 fully saturated rings. The molecule has 0 aromatic rings. The van der Waals surface area contributed by atoms with Crippen LogP contribution in [0.25, 0.3) is 0 Å². The molecule has 0 spiro atoms. The van der Waals surface area contributed by atoms with Crippen molar-refractivity contribution in [2.45, 2.75) is 70.2 Å². The normalized spacial score (nSPS) is 34.0. The monoisotopic (exact) mass is 296 g/mol. The number of amides is 1. The summed E-state index contributed by atoms with van der Waals surface area (Å²) in [6.45, 7) is 9.59. The van der Waals surface area contributed by atoms with Crippen molar-refractivity contribution >= 4 is 6.09 Å². The molecule has 0 aromatic carbocycles. The number of nitrogens with zero attached hydrogens (tertiary/aromatic N) is 2. The van der Waals surface area contributed by atoms with Crippen molar-refractivity contribution in [3.63, 3.8) is 0 Å². The maximum Gasteiger partial charge on any atom is 0.410 e. The molecule has 5 nitrogen and oxygen atoms in total. The van der Waals surface area contributed by atoms with Crippen LogP contribution in [0, 0.1) is 0 Å². The molecule has 3 saturated heterocycles. The van der Waals surface area contributed by atoms with Crippen LogP contribution in [0.4, 0.5) is 4.79 Å². The predicted octanol–water partition coefficient (Wildman–Crippen LogP) is 2.25. The van der Waals surface area contributed by atoms with E-state index in [0.29, 0.717) is 18.1 Å². The first-order valence-electron chi connectivity index (χ1n) is 8.27. The van der Waals surface area contributed by atoms with Gasteiger partial charge < -0.3 is 14.4 Å². The van der Waals surface area contributed by atoms with Gasteiger partial charge in [0.2, 0.25) is 0 Å². The van der Waals surface area contributed by atoms with Gasteiger partial charge in [-0.1, -0.05) is 0 Å². The first kappa shape index (κ1) is 15.1. The van der Waals surface area contributed by atoms with Gasteiger partial charge >= 0.3 is 6.09 Å². The molecule has 0 radical (unpaired) electrons. The Morgan fingerprint density at radius 3 is 2.14 bits per heavy atom. The van der Waals surface area contributed by atoms with Gasteiger partial charge in [0, 0.05) is 31.2 Å². The van der Waals surface area contributed by atoms with Crippen LogP contribution >= 0.6 is 0 Å². The minimum atomic E-state index is -0.405. The van der Waals surface area contributed by atoms with Gasteiger partial charge in [0.05, 0.1) is 13.2 Å². The molecule has 3 heterocycles. The van der Waals surface area contributed by atoms with Gasteiger partial charge in [-0.05, 0) is 46.5 Å². The van der Waals surface area contributed by atoms with Crippen molar-refractivity contribution in [3.8, 4) is 0 Å². The lowest BCUT2D eigenvalue weighted by Gasteiger charge is -2.44. The molecule has 0 saturated carbocycles. The molecule has 21 heavy (non-hydrogen) atoms. The number of hydrogen-bond acceptors (Lipinski definition) is 4. The molecule has 3 aliphatic rings. The highest BCUT2D eigenvalue weighted by molar-refractivity contribution is 5.69. The van der Waals surface area contributed by atoms with Crippen LogP contribution < -0.4 is 0 Å². The minimum Gasteiger partial charge on any atom is -0.444 e. The number of fused-ring (bicyclic) bond motifs is 2. The molecule has 3 rings (SSSR count). The van der Waals surface area contributed by atoms with Gasteiger partial charge in [-0.2, -0.15) is 0 Å². The Kier molecular flexibility index (Phi) is 4.14. The van der Waals surface area contributed by atoms with Crippen molar-refractivity contribution < 1.29 is 14.3 Å². The fourth-order valence-corrected chi connectivity index (χ4v) is 4.00. The quantitative estimate of drug-likeness (QED) is 0.744. The molecule has 3 aliphatic heterocycles. The van der Waals surface area contributed by atoms with E-state index in [-0.39, 0.29) is 6.09 Å². The summed E-state index contributed by atoms with van der Waals surface area (Å²) in [5, 5.41) is 0. The fraction of sp³-hybridized carbons (Fsp3) is 0.938. The second-order valence-electron chi connectivity index (χ2n) is 7.55. The lowest BCUT2D eigenvalue weighted by molar-refractivity contribution is -0.0252. The summed E-state index contributed by atoms with van der Waals surface area (Å²) in [5.41, 5.74) is -0.405. The summed E-state index contributed by atoms with van der Waals surface area (Å²) < 4.78 is 11.0. The molecule has 0 unspecified atom stereocenters. The number of piperidine rings is 1. The standard InChI is InChI=1S/C16H28N2O3/c1-16(2,3)21-15(19)18-12-4-5-13(18)11-14(10-12)17-6-8-20-9-7-17/h12-14H,4-11H2,1-3H3/t12-,13-/m0/s1. The van der Waals surface area contributed by atoms with Crippen molar-refractivity contribution in [1.82, 2.24) is 9.80 Å². The third kappa shape index (κ3) is 3.34. The molecular formula is C16H28N2O3. The summed E-state index contributed by atoms with van der Waals surface area (Å²) in [7, 11) is 0. The number of carbonyl (C=O) groups is 1. The first-order chi connectivity index (χ1) is 9.94. The Morgan fingerprint density at radius 1 is 1.05 bits per heavy atom. The summed E-state index contributed by atoms with van der Waals surface area (Å²) in [6.07, 6.45) is 4.33. The van der Waals surface area contributed by atoms with E-state index in [4.69, 9.17) is 9.47 Å². The van der Waals surface area contributed by atoms with E-state index >= 15 is 0 Å². The molecule has 120 valence electrons. The average Bonchev–Trinajstić information content (AvgIpc) is 2.69. The van der Waals surface area contributed by atoms with Gasteiger partial charge in [-0.3, -0.25) is 4.90 Å². The zero-order valence-corrected chi connectivity index (χ0v) is 13.5. The zero-order valence-electron chi connectivity index (χ0n) is 13.5. The number of rotatable bonds is 1. The van der Waals surface area contributed by atoms with Crippen LogP contribution in [0.3, 0.4) is 0 Å². The Bertz CT molecular complexity index is 373. The Balaban J connectivity index is 1.62. The highest BCUT2D eigenvalue weighted by Crippen LogP contribution is 2.38. The van der Waals surface area contributed by atoms with E-state index in [9.17, 15) is 4.79 Å². The third-order valence-electron chi connectivity index (χ3n) is 4.87. The van der Waals surface area contributed by atoms with E-state index in [1.807, 2.05) is 25.7 Å². The third-order valence-corrected chi connectivity index (χ3v) is 4.87. The Hall–Kier alpha value is -0.810. The average molecular weight is 296 g/mol. The van der Waals surface area contributed by atoms with Crippen LogP contribution in [0.2, 0.25) is 0 Å². The maximum atomic E-state index is 12.4. The highest BCUT2D eigenvalue weighted by atomic mass is 16.6. The van der Waals surface area contributed by atoms with Crippen LogP contribution in [0.5, 0.6) is 0 Å². The molecule has 1 amide bonds. The SMILES string of the molecule is CC(C)(C)OC(=O)N1[C@H]2CC[C@H]1CC(N1CCOCC1)C2. The maximum absolute atomic E-state index is 12.4. The Labute approximate surface area is 127 Å². The predicted molar refractivity (Wildman–Crippen MR) is 80.3 cm³/mol. The van der Waals surface area contributed by atoms with Crippen molar-refractivity contribution in [1.29, 1.82) is 0 Å². The van der Waals surface area contributed by atoms with Crippen LogP contribution in [0.1, 0.15) is 46.5 Å². The molecule has 5 heteroatoms. The smallest absolute Gasteiger partial charge is 0.410 e. The lowest BCUT2D eigenvalue weighted by Crippen LogP contribution is -2.55. The van der Waals surface area contributed by atoms with E-state index in [2.05, 4.69) is 4.90 Å². The number of ether oxygens (including phenoxy) is 2. The fourth-order valence-electron chi connectivity index (χ4n) is 4.00. The molecule has 2 bridgehead atoms. The van der Waals surface area contributed by atoms with Crippen molar-refractivity contribution in [2.24, 2.45) is 0 Å². The second-order valence-corrected chi connectivity index (χ2v) is 7.55. The largest absolute Gasteiger partial charge is 0.444 e. The Morgan fingerprint density at radius 2 is 1.62 bits per heavy atom. The molecule has 0 aromatic heterocycles. The number of morpholine rings is 1. The number of carbonyl (C=O) groups excluding carboxylic acids is 1. The van der Waals surface area contributed by atoms with Crippen molar-refractivity contribution in [2.75, 3.05) is 26.3 Å². The van der Waals surface area contributed by atoms with E-state index < -0.39 is 5.60 Å². The van der Waals surface area contributed by atoms with Gasteiger partial charge in [-0.15, -0.1) is 0 Å². The number of hydrogen-bond donors (Lipinski definition) is 0. The molecule has 0 N–H and O–H groups in total. The van der Waals surface area contributed by atoms with Crippen molar-refractivity contribution in [3.05, 3.63) is 0 Å². The van der Waals surface area contributed by atoms with E-state index in [1.165, 1.54) is 0 Å². The first-order valence-corrected chi connectivity index (χ1v) is 8.27. The van der Waals surface area contributed by atoms with Crippen LogP contribution in [-0.2, 0) is 9.47 Å². The molecule has 0 aliphatic carbocycles. The second kappa shape index (κ2) is 5.76. The van der Waals surface area contributed by atoms with Crippen LogP contribution in [0.15, 0.2) is 0 Å². The van der Waals surface area contributed by atoms with Crippen LogP contribution in [-0.4, -0.2) is 65.9 Å². The zero-order chi connectivity index (χ0) is 15.0. The van der Waals surface area contributed by atoms with Gasteiger partial charge in [0.1, 0.15) is 5.60 Å². The van der Waals surface area contributed by atoms with E-state index in [0.717, 1.165) is 52.0 Å². The highest BCUT2D eigenvalue weighted by Gasteiger charge is 2.46. The van der Waals surface area contributed by atoms with Gasteiger partial charge in [0.25, 0.3) is 0 Å². The van der Waals surface area contributed by atoms with E-state index in [1.54, 1.807) is 0 Å². The van der Waals surface area contributed by atoms with Gasteiger partial charge in [0.15, 0.2) is 0 Å². The summed E-state index contributed by atoms with van der Waals surface area (Å²) in [6, 6.07) is 1.35. The lowest BCUT2D eigenvalue weighted by atomic mass is 9.96. The molecule has 2 atom stereocenters. The summed E-state index contributed by atoms with van der Waals surface area (Å²) in [4.78, 5) is 17.0. The summed E-state index contributed by atoms with van der Waals surface area (Å²) >= 11 is 0. The van der Waals surface area contributed by atoms with Gasteiger partial charge in [-0.25, -0.2) is 4.79 Å². The summed E-state index contributed by atoms with van der Waals surface area (Å²) in [5.74, 6) is 0. The minimum absolute atomic E-state index is 0.115.